The molecule has 0 spiro atoms. The van der Waals surface area contributed by atoms with Crippen LogP contribution >= 0.6 is 11.3 Å². The van der Waals surface area contributed by atoms with Crippen LogP contribution in [0.15, 0.2) is 23.0 Å². The molecule has 1 unspecified atom stereocenters. The van der Waals surface area contributed by atoms with Crippen molar-refractivity contribution in [2.75, 3.05) is 18.5 Å². The van der Waals surface area contributed by atoms with Crippen molar-refractivity contribution in [3.63, 3.8) is 0 Å². The molecule has 3 rings (SSSR count). The number of aliphatic hydroxyl groups is 1. The van der Waals surface area contributed by atoms with Gasteiger partial charge in [-0.2, -0.15) is 16.4 Å². The summed E-state index contributed by atoms with van der Waals surface area (Å²) in [5, 5.41) is 21.2. The molecule has 0 aliphatic carbocycles. The molecule has 1 atom stereocenters. The molecule has 3 heterocycles. The van der Waals surface area contributed by atoms with E-state index in [4.69, 9.17) is 5.11 Å². The number of fused-ring (bicyclic) bond motifs is 1. The predicted molar refractivity (Wildman–Crippen MR) is 73.2 cm³/mol. The summed E-state index contributed by atoms with van der Waals surface area (Å²) in [4.78, 5) is 0. The number of nitrogens with zero attached hydrogens (tertiary/aromatic N) is 2. The fraction of sp³-hybridized carbons (Fsp3) is 0.462. The van der Waals surface area contributed by atoms with Crippen molar-refractivity contribution in [2.45, 2.75) is 25.3 Å². The maximum Gasteiger partial charge on any atom is 0.128 e. The first kappa shape index (κ1) is 11.7. The molecule has 2 aromatic rings. The van der Waals surface area contributed by atoms with Gasteiger partial charge in [0.15, 0.2) is 0 Å². The Bertz CT molecular complexity index is 506. The van der Waals surface area contributed by atoms with Gasteiger partial charge in [0.25, 0.3) is 0 Å². The van der Waals surface area contributed by atoms with Crippen molar-refractivity contribution in [1.29, 1.82) is 0 Å². The summed E-state index contributed by atoms with van der Waals surface area (Å²) in [7, 11) is 0. The van der Waals surface area contributed by atoms with Crippen molar-refractivity contribution in [2.24, 2.45) is 0 Å². The Labute approximate surface area is 110 Å². The Morgan fingerprint density at radius 1 is 1.56 bits per heavy atom. The smallest absolute Gasteiger partial charge is 0.128 e. The average Bonchev–Trinajstić information content (AvgIpc) is 3.05. The molecule has 0 saturated heterocycles. The van der Waals surface area contributed by atoms with E-state index in [1.807, 2.05) is 6.20 Å². The van der Waals surface area contributed by atoms with Crippen LogP contribution in [-0.2, 0) is 6.42 Å². The van der Waals surface area contributed by atoms with Crippen LogP contribution in [0, 0.1) is 0 Å². The van der Waals surface area contributed by atoms with Crippen LogP contribution < -0.4 is 5.32 Å². The summed E-state index contributed by atoms with van der Waals surface area (Å²) >= 11 is 1.73. The van der Waals surface area contributed by atoms with E-state index in [1.165, 1.54) is 11.1 Å². The highest BCUT2D eigenvalue weighted by Crippen LogP contribution is 2.32. The van der Waals surface area contributed by atoms with Crippen LogP contribution in [0.25, 0.3) is 0 Å². The number of hydrogen-bond donors (Lipinski definition) is 2. The van der Waals surface area contributed by atoms with Gasteiger partial charge in [-0.05, 0) is 41.7 Å². The maximum absolute atomic E-state index is 8.93. The van der Waals surface area contributed by atoms with Crippen molar-refractivity contribution in [3.05, 3.63) is 34.2 Å². The van der Waals surface area contributed by atoms with Crippen molar-refractivity contribution >= 4 is 17.2 Å². The maximum atomic E-state index is 8.93. The predicted octanol–water partition coefficient (Wildman–Crippen LogP) is 2.27. The van der Waals surface area contributed by atoms with Crippen LogP contribution in [0.5, 0.6) is 0 Å². The van der Waals surface area contributed by atoms with E-state index in [9.17, 15) is 0 Å². The van der Waals surface area contributed by atoms with E-state index in [0.29, 0.717) is 6.04 Å². The third-order valence-corrected chi connectivity index (χ3v) is 4.11. The van der Waals surface area contributed by atoms with Gasteiger partial charge >= 0.3 is 0 Å². The minimum absolute atomic E-state index is 0.235. The highest BCUT2D eigenvalue weighted by atomic mass is 32.1. The average molecular weight is 263 g/mol. The van der Waals surface area contributed by atoms with Gasteiger partial charge < -0.3 is 10.4 Å². The normalized spacial score (nSPS) is 18.4. The van der Waals surface area contributed by atoms with E-state index in [0.717, 1.165) is 31.6 Å². The molecule has 0 bridgehead atoms. The van der Waals surface area contributed by atoms with Crippen molar-refractivity contribution in [3.8, 4) is 0 Å². The molecular formula is C13H17N3OS. The zero-order valence-electron chi connectivity index (χ0n) is 10.2. The van der Waals surface area contributed by atoms with Gasteiger partial charge in [-0.3, -0.25) is 0 Å². The lowest BCUT2D eigenvalue weighted by atomic mass is 10.1. The van der Waals surface area contributed by atoms with Gasteiger partial charge in [-0.15, -0.1) is 0 Å². The van der Waals surface area contributed by atoms with Gasteiger partial charge in [-0.1, -0.05) is 0 Å². The largest absolute Gasteiger partial charge is 0.396 e. The number of thiophene rings is 1. The number of aliphatic hydroxyl groups excluding tert-OH is 1. The van der Waals surface area contributed by atoms with Gasteiger partial charge in [0.05, 0.1) is 12.2 Å². The Kier molecular flexibility index (Phi) is 3.34. The number of rotatable bonds is 4. The molecule has 0 saturated carbocycles. The lowest BCUT2D eigenvalue weighted by Crippen LogP contribution is -2.24. The molecular weight excluding hydrogens is 246 g/mol. The Morgan fingerprint density at radius 3 is 3.28 bits per heavy atom. The fourth-order valence-corrected chi connectivity index (χ4v) is 3.21. The van der Waals surface area contributed by atoms with Crippen LogP contribution in [0.3, 0.4) is 0 Å². The van der Waals surface area contributed by atoms with E-state index in [2.05, 4.69) is 31.9 Å². The first-order chi connectivity index (χ1) is 8.90. The summed E-state index contributed by atoms with van der Waals surface area (Å²) in [6, 6.07) is 2.54. The topological polar surface area (TPSA) is 50.1 Å². The zero-order valence-corrected chi connectivity index (χ0v) is 11.0. The van der Waals surface area contributed by atoms with Crippen LogP contribution in [-0.4, -0.2) is 28.0 Å². The lowest BCUT2D eigenvalue weighted by molar-refractivity contribution is 0.288. The second-order valence-corrected chi connectivity index (χ2v) is 5.36. The fourth-order valence-electron chi connectivity index (χ4n) is 2.50. The summed E-state index contributed by atoms with van der Waals surface area (Å²) in [6.07, 6.45) is 4.69. The molecule has 4 nitrogen and oxygen atoms in total. The molecule has 1 aliphatic heterocycles. The molecule has 0 amide bonds. The summed E-state index contributed by atoms with van der Waals surface area (Å²) in [5.41, 5.74) is 2.56. The molecule has 2 aromatic heterocycles. The number of hydrogen-bond acceptors (Lipinski definition) is 4. The Hall–Kier alpha value is -1.33. The number of aryl methyl sites for hydroxylation is 1. The molecule has 2 N–H and O–H groups in total. The highest BCUT2D eigenvalue weighted by molar-refractivity contribution is 7.07. The number of anilines is 1. The van der Waals surface area contributed by atoms with E-state index < -0.39 is 0 Å². The van der Waals surface area contributed by atoms with Crippen molar-refractivity contribution in [1.82, 2.24) is 9.78 Å². The Morgan fingerprint density at radius 2 is 2.50 bits per heavy atom. The van der Waals surface area contributed by atoms with Crippen LogP contribution in [0.1, 0.15) is 30.0 Å². The third kappa shape index (κ3) is 2.04. The molecule has 18 heavy (non-hydrogen) atoms. The first-order valence-electron chi connectivity index (χ1n) is 6.33. The molecule has 5 heteroatoms. The highest BCUT2D eigenvalue weighted by Gasteiger charge is 2.24. The van der Waals surface area contributed by atoms with Crippen LogP contribution in [0.4, 0.5) is 5.82 Å². The van der Waals surface area contributed by atoms with E-state index in [1.54, 1.807) is 11.3 Å². The second kappa shape index (κ2) is 5.12. The standard InChI is InChI=1S/C13H17N3OS/c17-6-1-2-10-8-15-16-12(3-5-14-13(10)16)11-4-7-18-9-11/h4,7-9,12,14,17H,1-3,5-6H2. The summed E-state index contributed by atoms with van der Waals surface area (Å²) < 4.78 is 2.10. The van der Waals surface area contributed by atoms with Crippen molar-refractivity contribution < 1.29 is 5.11 Å². The minimum Gasteiger partial charge on any atom is -0.396 e. The SMILES string of the molecule is OCCCc1cnn2c1NCCC2c1ccsc1. The number of nitrogens with one attached hydrogen (secondary N) is 1. The summed E-state index contributed by atoms with van der Waals surface area (Å²) in [5.74, 6) is 1.13. The van der Waals surface area contributed by atoms with Gasteiger partial charge in [0.2, 0.25) is 0 Å². The van der Waals surface area contributed by atoms with Gasteiger partial charge in [0, 0.05) is 18.7 Å². The molecule has 0 aromatic carbocycles. The number of aromatic nitrogens is 2. The third-order valence-electron chi connectivity index (χ3n) is 3.41. The molecule has 1 aliphatic rings. The van der Waals surface area contributed by atoms with Gasteiger partial charge in [-0.25, -0.2) is 4.68 Å². The summed E-state index contributed by atoms with van der Waals surface area (Å²) in [6.45, 7) is 1.22. The lowest BCUT2D eigenvalue weighted by Gasteiger charge is -2.26. The monoisotopic (exact) mass is 263 g/mol. The molecule has 96 valence electrons. The first-order valence-corrected chi connectivity index (χ1v) is 7.27. The molecule has 0 fully saturated rings. The van der Waals surface area contributed by atoms with Gasteiger partial charge in [0.1, 0.15) is 5.82 Å². The Balaban J connectivity index is 1.90. The minimum atomic E-state index is 0.235. The van der Waals surface area contributed by atoms with E-state index in [-0.39, 0.29) is 6.61 Å². The second-order valence-electron chi connectivity index (χ2n) is 4.58. The van der Waals surface area contributed by atoms with E-state index >= 15 is 0 Å². The zero-order chi connectivity index (χ0) is 12.4. The molecule has 0 radical (unpaired) electrons. The van der Waals surface area contributed by atoms with Crippen LogP contribution in [0.2, 0.25) is 0 Å². The quantitative estimate of drug-likeness (QED) is 0.889.